The Morgan fingerprint density at radius 3 is 2.86 bits per heavy atom. The number of rotatable bonds is 5. The molecule has 1 heterocycles. The van der Waals surface area contributed by atoms with E-state index in [1.165, 1.54) is 6.07 Å². The summed E-state index contributed by atoms with van der Waals surface area (Å²) in [5.41, 5.74) is 6.97. The fraction of sp³-hybridized carbons (Fsp3) is 0.0833. The molecule has 0 aliphatic carbocycles. The number of nitriles is 1. The summed E-state index contributed by atoms with van der Waals surface area (Å²) in [6, 6.07) is 8.52. The predicted molar refractivity (Wildman–Crippen MR) is 80.8 cm³/mol. The van der Waals surface area contributed by atoms with Crippen molar-refractivity contribution in [2.45, 2.75) is 0 Å². The van der Waals surface area contributed by atoms with E-state index in [4.69, 9.17) is 16.4 Å². The van der Waals surface area contributed by atoms with Gasteiger partial charge in [0.05, 0.1) is 16.5 Å². The SMILES string of the molecule is N#Cc1cccc2sc(C(=O)CS(=O)(=O)ONC(=N)N)cc12. The molecule has 0 spiro atoms. The lowest BCUT2D eigenvalue weighted by Crippen LogP contribution is -2.34. The monoisotopic (exact) mass is 338 g/mol. The fourth-order valence-corrected chi connectivity index (χ4v) is 3.53. The Morgan fingerprint density at radius 1 is 1.50 bits per heavy atom. The highest BCUT2D eigenvalue weighted by molar-refractivity contribution is 7.87. The number of hydrogen-bond donors (Lipinski definition) is 3. The minimum atomic E-state index is -4.22. The number of Topliss-reactive ketones (excluding diaryl/α,β-unsaturated/α-hetero) is 1. The highest BCUT2D eigenvalue weighted by atomic mass is 32.2. The summed E-state index contributed by atoms with van der Waals surface area (Å²) in [4.78, 5) is 12.2. The van der Waals surface area contributed by atoms with E-state index in [1.807, 2.05) is 6.07 Å². The second-order valence-corrected chi connectivity index (χ2v) is 6.82. The first-order valence-electron chi connectivity index (χ1n) is 5.79. The van der Waals surface area contributed by atoms with Gasteiger partial charge in [0.15, 0.2) is 5.78 Å². The van der Waals surface area contributed by atoms with Crippen LogP contribution in [0.25, 0.3) is 10.1 Å². The number of ketones is 1. The number of hydroxylamine groups is 1. The van der Waals surface area contributed by atoms with Crippen molar-refractivity contribution in [2.24, 2.45) is 5.73 Å². The maximum absolute atomic E-state index is 12.0. The van der Waals surface area contributed by atoms with Gasteiger partial charge in [-0.15, -0.1) is 15.6 Å². The average Bonchev–Trinajstić information content (AvgIpc) is 2.89. The lowest BCUT2D eigenvalue weighted by Gasteiger charge is -2.03. The number of hydrogen-bond acceptors (Lipinski definition) is 7. The van der Waals surface area contributed by atoms with Gasteiger partial charge in [0.1, 0.15) is 5.75 Å². The van der Waals surface area contributed by atoms with E-state index >= 15 is 0 Å². The van der Waals surface area contributed by atoms with Crippen LogP contribution < -0.4 is 11.2 Å². The molecule has 1 aromatic heterocycles. The van der Waals surface area contributed by atoms with Crippen molar-refractivity contribution in [1.82, 2.24) is 5.48 Å². The number of fused-ring (bicyclic) bond motifs is 1. The zero-order chi connectivity index (χ0) is 16.3. The molecule has 0 saturated heterocycles. The second-order valence-electron chi connectivity index (χ2n) is 4.16. The van der Waals surface area contributed by atoms with E-state index in [9.17, 15) is 13.2 Å². The van der Waals surface area contributed by atoms with E-state index in [1.54, 1.807) is 23.7 Å². The number of nitrogens with two attached hydrogens (primary N) is 1. The number of nitrogens with zero attached hydrogens (tertiary/aromatic N) is 1. The Hall–Kier alpha value is -2.48. The number of carbonyl (C=O) groups excluding carboxylic acids is 1. The molecule has 0 aliphatic heterocycles. The maximum atomic E-state index is 12.0. The van der Waals surface area contributed by atoms with Crippen molar-refractivity contribution < 1.29 is 17.5 Å². The fourth-order valence-electron chi connectivity index (χ4n) is 1.67. The number of thiophene rings is 1. The van der Waals surface area contributed by atoms with Gasteiger partial charge in [-0.3, -0.25) is 10.2 Å². The number of benzene rings is 1. The summed E-state index contributed by atoms with van der Waals surface area (Å²) in [6.07, 6.45) is 0. The Morgan fingerprint density at radius 2 is 2.23 bits per heavy atom. The van der Waals surface area contributed by atoms with Gasteiger partial charge in [-0.2, -0.15) is 13.7 Å². The third kappa shape index (κ3) is 3.59. The van der Waals surface area contributed by atoms with Crippen molar-refractivity contribution in [3.05, 3.63) is 34.7 Å². The third-order valence-electron chi connectivity index (χ3n) is 2.54. The van der Waals surface area contributed by atoms with Gasteiger partial charge < -0.3 is 5.73 Å². The molecule has 114 valence electrons. The number of guanidine groups is 1. The highest BCUT2D eigenvalue weighted by Crippen LogP contribution is 2.28. The quantitative estimate of drug-likeness (QED) is 0.315. The smallest absolute Gasteiger partial charge is 0.295 e. The van der Waals surface area contributed by atoms with Gasteiger partial charge in [-0.1, -0.05) is 6.07 Å². The molecule has 8 nitrogen and oxygen atoms in total. The molecule has 4 N–H and O–H groups in total. The lowest BCUT2D eigenvalue weighted by atomic mass is 10.1. The molecular weight excluding hydrogens is 328 g/mol. The van der Waals surface area contributed by atoms with Crippen LogP contribution in [0.3, 0.4) is 0 Å². The normalized spacial score (nSPS) is 11.0. The summed E-state index contributed by atoms with van der Waals surface area (Å²) in [5, 5.41) is 16.4. The lowest BCUT2D eigenvalue weighted by molar-refractivity contribution is 0.102. The Kier molecular flexibility index (Phi) is 4.41. The first-order valence-corrected chi connectivity index (χ1v) is 8.19. The molecule has 0 bridgehead atoms. The molecule has 2 aromatic rings. The van der Waals surface area contributed by atoms with Crippen molar-refractivity contribution in [1.29, 1.82) is 10.7 Å². The summed E-state index contributed by atoms with van der Waals surface area (Å²) in [5.74, 6) is -2.27. The van der Waals surface area contributed by atoms with Gasteiger partial charge >= 0.3 is 0 Å². The van der Waals surface area contributed by atoms with Crippen molar-refractivity contribution in [3.63, 3.8) is 0 Å². The van der Waals surface area contributed by atoms with Crippen LogP contribution in [0.5, 0.6) is 0 Å². The largest absolute Gasteiger partial charge is 0.368 e. The molecule has 0 aliphatic rings. The van der Waals surface area contributed by atoms with Gasteiger partial charge in [-0.25, -0.2) is 5.48 Å². The van der Waals surface area contributed by atoms with Crippen LogP contribution >= 0.6 is 11.3 Å². The van der Waals surface area contributed by atoms with E-state index in [0.29, 0.717) is 15.6 Å². The van der Waals surface area contributed by atoms with Gasteiger partial charge in [0.2, 0.25) is 5.96 Å². The van der Waals surface area contributed by atoms with E-state index < -0.39 is 27.6 Å². The van der Waals surface area contributed by atoms with E-state index in [2.05, 4.69) is 4.28 Å². The molecule has 22 heavy (non-hydrogen) atoms. The Balaban J connectivity index is 2.24. The van der Waals surface area contributed by atoms with Crippen LogP contribution in [0.1, 0.15) is 15.2 Å². The molecule has 1 aromatic carbocycles. The van der Waals surface area contributed by atoms with Crippen molar-refractivity contribution in [3.8, 4) is 6.07 Å². The van der Waals surface area contributed by atoms with Crippen LogP contribution in [0.15, 0.2) is 24.3 Å². The van der Waals surface area contributed by atoms with Crippen molar-refractivity contribution in [2.75, 3.05) is 5.75 Å². The first-order chi connectivity index (χ1) is 10.3. The number of carbonyl (C=O) groups is 1. The molecule has 0 unspecified atom stereocenters. The molecule has 0 atom stereocenters. The minimum Gasteiger partial charge on any atom is -0.368 e. The van der Waals surface area contributed by atoms with Gasteiger partial charge in [-0.05, 0) is 18.2 Å². The second kappa shape index (κ2) is 6.10. The third-order valence-corrected chi connectivity index (χ3v) is 4.64. The number of nitrogens with one attached hydrogen (secondary N) is 2. The molecule has 0 amide bonds. The van der Waals surface area contributed by atoms with Crippen LogP contribution in [-0.2, 0) is 14.4 Å². The van der Waals surface area contributed by atoms with Crippen LogP contribution in [-0.4, -0.2) is 25.9 Å². The van der Waals surface area contributed by atoms with Crippen molar-refractivity contribution >= 4 is 43.3 Å². The highest BCUT2D eigenvalue weighted by Gasteiger charge is 2.21. The van der Waals surface area contributed by atoms with E-state index in [-0.39, 0.29) is 4.88 Å². The Bertz CT molecular complexity index is 895. The zero-order valence-corrected chi connectivity index (χ0v) is 12.6. The molecular formula is C12H10N4O4S2. The first kappa shape index (κ1) is 15.9. The summed E-state index contributed by atoms with van der Waals surface area (Å²) >= 11 is 1.09. The maximum Gasteiger partial charge on any atom is 0.295 e. The average molecular weight is 338 g/mol. The molecule has 2 rings (SSSR count). The molecule has 0 radical (unpaired) electrons. The Labute approximate surface area is 129 Å². The summed E-state index contributed by atoms with van der Waals surface area (Å²) in [7, 11) is -4.22. The standard InChI is InChI=1S/C12H10N4O4S2/c13-5-7-2-1-3-10-8(7)4-11(21-10)9(17)6-22(18,19)20-16-12(14)15/h1-4H,6H2,(H4,14,15,16). The summed E-state index contributed by atoms with van der Waals surface area (Å²) in [6.45, 7) is 0. The zero-order valence-electron chi connectivity index (χ0n) is 11.0. The molecule has 0 fully saturated rings. The topological polar surface area (TPSA) is 146 Å². The summed E-state index contributed by atoms with van der Waals surface area (Å²) < 4.78 is 28.0. The van der Waals surface area contributed by atoms with Gasteiger partial charge in [0, 0.05) is 10.1 Å². The molecule has 10 heteroatoms. The van der Waals surface area contributed by atoms with E-state index in [0.717, 1.165) is 11.3 Å². The predicted octanol–water partition coefficient (Wildman–Crippen LogP) is 0.700. The van der Waals surface area contributed by atoms with Crippen LogP contribution in [0.4, 0.5) is 0 Å². The minimum absolute atomic E-state index is 0.202. The van der Waals surface area contributed by atoms with Crippen LogP contribution in [0, 0.1) is 16.7 Å². The molecule has 0 saturated carbocycles. The van der Waals surface area contributed by atoms with Gasteiger partial charge in [0.25, 0.3) is 10.1 Å². The van der Waals surface area contributed by atoms with Crippen LogP contribution in [0.2, 0.25) is 0 Å².